The van der Waals surface area contributed by atoms with Crippen LogP contribution in [-0.2, 0) is 29.1 Å². The van der Waals surface area contributed by atoms with Gasteiger partial charge in [-0.2, -0.15) is 26.3 Å². The summed E-state index contributed by atoms with van der Waals surface area (Å²) < 4.78 is 79.8. The van der Waals surface area contributed by atoms with Gasteiger partial charge in [-0.15, -0.1) is 0 Å². The Hall–Kier alpha value is -3.79. The average Bonchev–Trinajstić information content (AvgIpc) is 3.30. The third kappa shape index (κ3) is 6.48. The zero-order valence-corrected chi connectivity index (χ0v) is 22.7. The highest BCUT2D eigenvalue weighted by Crippen LogP contribution is 2.44. The summed E-state index contributed by atoms with van der Waals surface area (Å²) in [6.07, 6.45) is -3.19. The summed E-state index contributed by atoms with van der Waals surface area (Å²) in [7, 11) is 0. The highest BCUT2D eigenvalue weighted by Gasteiger charge is 2.39. The lowest BCUT2D eigenvalue weighted by atomic mass is 9.74. The van der Waals surface area contributed by atoms with Crippen molar-refractivity contribution in [2.75, 3.05) is 25.4 Å². The van der Waals surface area contributed by atoms with E-state index in [0.29, 0.717) is 36.3 Å². The Labute approximate surface area is 240 Å². The smallest absolute Gasteiger partial charge is 0.399 e. The van der Waals surface area contributed by atoms with Gasteiger partial charge in [-0.1, -0.05) is 48.6 Å². The molecule has 1 aliphatic heterocycles. The Morgan fingerprint density at radius 2 is 1.57 bits per heavy atom. The number of nitrogens with zero attached hydrogens (tertiary/aromatic N) is 1. The molecule has 222 valence electrons. The summed E-state index contributed by atoms with van der Waals surface area (Å²) in [6.45, 7) is 1.77. The second kappa shape index (κ2) is 11.5. The number of fused-ring (bicyclic) bond motifs is 2. The third-order valence-corrected chi connectivity index (χ3v) is 8.31. The Balaban J connectivity index is 1.27. The molecule has 0 bridgehead atoms. The van der Waals surface area contributed by atoms with Crippen LogP contribution in [0.25, 0.3) is 6.08 Å². The Bertz CT molecular complexity index is 1440. The van der Waals surface area contributed by atoms with Crippen LogP contribution in [0.1, 0.15) is 58.6 Å². The van der Waals surface area contributed by atoms with Crippen molar-refractivity contribution in [3.05, 3.63) is 106 Å². The molecule has 1 aliphatic carbocycles. The number of halogens is 6. The molecule has 0 aromatic heterocycles. The van der Waals surface area contributed by atoms with Crippen molar-refractivity contribution >= 4 is 17.7 Å². The minimum absolute atomic E-state index is 0.0119. The fourth-order valence-corrected chi connectivity index (χ4v) is 6.02. The minimum atomic E-state index is -4.96. The molecule has 3 N–H and O–H groups in total. The van der Waals surface area contributed by atoms with E-state index in [9.17, 15) is 31.1 Å². The van der Waals surface area contributed by atoms with Gasteiger partial charge in [0.05, 0.1) is 17.0 Å². The zero-order valence-electron chi connectivity index (χ0n) is 22.7. The molecule has 10 heteroatoms. The number of nitrogens with two attached hydrogens (primary N) is 1. The summed E-state index contributed by atoms with van der Waals surface area (Å²) in [5.41, 5.74) is 6.51. The first kappa shape index (κ1) is 29.7. The third-order valence-electron chi connectivity index (χ3n) is 8.31. The van der Waals surface area contributed by atoms with Crippen LogP contribution in [-0.4, -0.2) is 30.4 Å². The van der Waals surface area contributed by atoms with Crippen LogP contribution >= 0.6 is 0 Å². The monoisotopic (exact) mass is 587 g/mol. The molecule has 0 radical (unpaired) electrons. The summed E-state index contributed by atoms with van der Waals surface area (Å²) in [6, 6.07) is 16.5. The zero-order chi connectivity index (χ0) is 30.1. The van der Waals surface area contributed by atoms with Crippen molar-refractivity contribution in [1.29, 1.82) is 0 Å². The lowest BCUT2D eigenvalue weighted by molar-refractivity contribution is -0.143. The van der Waals surface area contributed by atoms with E-state index >= 15 is 0 Å². The molecular formula is C32H31F6N3O. The quantitative estimate of drug-likeness (QED) is 0.228. The molecule has 3 aromatic rings. The number of nitrogens with one attached hydrogen (secondary N) is 1. The number of hydrogen-bond acceptors (Lipinski definition) is 3. The molecule has 2 aliphatic rings. The highest BCUT2D eigenvalue weighted by molar-refractivity contribution is 5.84. The predicted octanol–water partition coefficient (Wildman–Crippen LogP) is 7.16. The molecule has 1 saturated heterocycles. The maximum Gasteiger partial charge on any atom is 0.416 e. The summed E-state index contributed by atoms with van der Waals surface area (Å²) >= 11 is 0. The van der Waals surface area contributed by atoms with Gasteiger partial charge < -0.3 is 16.0 Å². The first-order valence-electron chi connectivity index (χ1n) is 13.8. The van der Waals surface area contributed by atoms with E-state index in [4.69, 9.17) is 5.73 Å². The van der Waals surface area contributed by atoms with E-state index in [1.54, 1.807) is 24.3 Å². The molecule has 1 spiro atoms. The number of carbonyl (C=O) groups is 1. The van der Waals surface area contributed by atoms with Gasteiger partial charge in [0.2, 0.25) is 5.91 Å². The van der Waals surface area contributed by atoms with Gasteiger partial charge in [-0.25, -0.2) is 0 Å². The SMILES string of the molecule is Nc1cccc(C(CCN2CCC3(C=Cc4ccccc43)CC2)C(=O)NCc2cc(C(F)(F)F)cc(C(F)(F)F)c2)c1. The summed E-state index contributed by atoms with van der Waals surface area (Å²) in [4.78, 5) is 15.7. The van der Waals surface area contributed by atoms with Gasteiger partial charge in [0, 0.05) is 17.6 Å². The van der Waals surface area contributed by atoms with Gasteiger partial charge in [0.15, 0.2) is 0 Å². The number of likely N-dealkylation sites (tertiary alicyclic amines) is 1. The van der Waals surface area contributed by atoms with E-state index in [-0.39, 0.29) is 17.0 Å². The summed E-state index contributed by atoms with van der Waals surface area (Å²) in [5.74, 6) is -1.18. The van der Waals surface area contributed by atoms with Gasteiger partial charge in [0.1, 0.15) is 0 Å². The number of rotatable bonds is 7. The molecule has 1 heterocycles. The van der Waals surface area contributed by atoms with Crippen LogP contribution in [0.3, 0.4) is 0 Å². The van der Waals surface area contributed by atoms with E-state index < -0.39 is 41.8 Å². The van der Waals surface area contributed by atoms with Crippen molar-refractivity contribution in [2.24, 2.45) is 0 Å². The standard InChI is InChI=1S/C32H31F6N3O/c33-31(34,35)24-16-21(17-25(19-24)32(36,37)38)20-40-29(42)27(23-5-3-6-26(39)18-23)9-13-41-14-11-30(12-15-41)10-8-22-4-1-2-7-28(22)30/h1-8,10,16-19,27H,9,11-15,20,39H2,(H,40,42). The van der Waals surface area contributed by atoms with E-state index in [1.807, 2.05) is 6.07 Å². The minimum Gasteiger partial charge on any atom is -0.399 e. The number of carbonyl (C=O) groups excluding carboxylic acids is 1. The van der Waals surface area contributed by atoms with Crippen LogP contribution < -0.4 is 11.1 Å². The molecular weight excluding hydrogens is 556 g/mol. The van der Waals surface area contributed by atoms with Crippen LogP contribution in [0.2, 0.25) is 0 Å². The first-order valence-corrected chi connectivity index (χ1v) is 13.8. The Morgan fingerprint density at radius 1 is 0.905 bits per heavy atom. The summed E-state index contributed by atoms with van der Waals surface area (Å²) in [5, 5.41) is 2.57. The van der Waals surface area contributed by atoms with Gasteiger partial charge >= 0.3 is 12.4 Å². The normalized spacial score (nSPS) is 17.3. The Kier molecular flexibility index (Phi) is 8.11. The molecule has 42 heavy (non-hydrogen) atoms. The van der Waals surface area contributed by atoms with Crippen molar-refractivity contribution in [3.63, 3.8) is 0 Å². The lowest BCUT2D eigenvalue weighted by Gasteiger charge is -2.39. The molecule has 1 atom stereocenters. The molecule has 1 unspecified atom stereocenters. The van der Waals surface area contributed by atoms with Gasteiger partial charge in [0.25, 0.3) is 0 Å². The second-order valence-electron chi connectivity index (χ2n) is 11.1. The first-order chi connectivity index (χ1) is 19.8. The van der Waals surface area contributed by atoms with E-state index in [2.05, 4.69) is 40.6 Å². The fraction of sp³-hybridized carbons (Fsp3) is 0.344. The largest absolute Gasteiger partial charge is 0.416 e. The van der Waals surface area contributed by atoms with Crippen molar-refractivity contribution in [2.45, 2.75) is 49.5 Å². The maximum absolute atomic E-state index is 13.4. The van der Waals surface area contributed by atoms with Crippen molar-refractivity contribution < 1.29 is 31.1 Å². The number of benzene rings is 3. The van der Waals surface area contributed by atoms with Crippen LogP contribution in [0.4, 0.5) is 32.0 Å². The van der Waals surface area contributed by atoms with Crippen molar-refractivity contribution in [3.8, 4) is 0 Å². The number of anilines is 1. The number of amides is 1. The topological polar surface area (TPSA) is 58.4 Å². The molecule has 5 rings (SSSR count). The van der Waals surface area contributed by atoms with Crippen LogP contribution in [0.5, 0.6) is 0 Å². The second-order valence-corrected chi connectivity index (χ2v) is 11.1. The van der Waals surface area contributed by atoms with Gasteiger partial charge in [-0.05, 0) is 91.5 Å². The van der Waals surface area contributed by atoms with Crippen LogP contribution in [0, 0.1) is 0 Å². The molecule has 1 amide bonds. The number of alkyl halides is 6. The van der Waals surface area contributed by atoms with E-state index in [1.165, 1.54) is 11.1 Å². The van der Waals surface area contributed by atoms with E-state index in [0.717, 1.165) is 25.9 Å². The van der Waals surface area contributed by atoms with Crippen molar-refractivity contribution in [1.82, 2.24) is 10.2 Å². The number of piperidine rings is 1. The predicted molar refractivity (Wildman–Crippen MR) is 149 cm³/mol. The fourth-order valence-electron chi connectivity index (χ4n) is 6.02. The Morgan fingerprint density at radius 3 is 2.21 bits per heavy atom. The molecule has 0 saturated carbocycles. The molecule has 1 fully saturated rings. The lowest BCUT2D eigenvalue weighted by Crippen LogP contribution is -2.42. The number of nitrogen functional groups attached to an aromatic ring is 1. The maximum atomic E-state index is 13.4. The molecule has 4 nitrogen and oxygen atoms in total. The van der Waals surface area contributed by atoms with Gasteiger partial charge in [-0.3, -0.25) is 4.79 Å². The average molecular weight is 588 g/mol. The molecule has 3 aromatic carbocycles. The van der Waals surface area contributed by atoms with Crippen LogP contribution in [0.15, 0.2) is 72.8 Å². The number of hydrogen-bond donors (Lipinski definition) is 2. The highest BCUT2D eigenvalue weighted by atomic mass is 19.4. The number of allylic oxidation sites excluding steroid dienone is 1.